The fourth-order valence-electron chi connectivity index (χ4n) is 2.22. The number of carbonyl (C=O) groups is 2. The average Bonchev–Trinajstić information content (AvgIpc) is 2.34. The topological polar surface area (TPSA) is 49.4 Å². The molecule has 0 aromatic heterocycles. The Hall–Kier alpha value is -0.360. The smallest absolute Gasteiger partial charge is 0.245 e. The molecule has 1 N–H and O–H groups in total. The van der Waals surface area contributed by atoms with Gasteiger partial charge in [-0.15, -0.1) is 0 Å². The van der Waals surface area contributed by atoms with Gasteiger partial charge in [-0.25, -0.2) is 0 Å². The zero-order chi connectivity index (χ0) is 13.1. The zero-order valence-electron chi connectivity index (χ0n) is 10.8. The minimum atomic E-state index is -0.340. The molecule has 2 heterocycles. The van der Waals surface area contributed by atoms with Crippen molar-refractivity contribution in [3.8, 4) is 0 Å². The van der Waals surface area contributed by atoms with Crippen LogP contribution in [0.25, 0.3) is 0 Å². The van der Waals surface area contributed by atoms with Crippen LogP contribution >= 0.6 is 23.5 Å². The van der Waals surface area contributed by atoms with Crippen LogP contribution in [0, 0.1) is 5.92 Å². The van der Waals surface area contributed by atoms with Crippen molar-refractivity contribution in [3.63, 3.8) is 0 Å². The Morgan fingerprint density at radius 1 is 1.39 bits per heavy atom. The maximum atomic E-state index is 12.3. The van der Waals surface area contributed by atoms with E-state index >= 15 is 0 Å². The quantitative estimate of drug-likeness (QED) is 0.835. The molecule has 2 fully saturated rings. The van der Waals surface area contributed by atoms with Crippen LogP contribution in [-0.2, 0) is 9.59 Å². The molecule has 0 aliphatic carbocycles. The molecule has 0 saturated carbocycles. The highest BCUT2D eigenvalue weighted by molar-refractivity contribution is 8.06. The third-order valence-electron chi connectivity index (χ3n) is 3.20. The molecule has 102 valence electrons. The molecular formula is C12H20N2O2S2. The van der Waals surface area contributed by atoms with Gasteiger partial charge in [0.15, 0.2) is 0 Å². The van der Waals surface area contributed by atoms with Crippen LogP contribution in [0.3, 0.4) is 0 Å². The standard InChI is InChI=1S/C12H20N2O2S2/c1-8(2)11-12(16)14(6-10(15)13-11)5-9-7-17-3-4-18-9/h8-9,11H,3-7H2,1-2H3,(H,13,15). The number of thioether (sulfide) groups is 2. The molecule has 2 rings (SSSR count). The second-order valence-electron chi connectivity index (χ2n) is 5.08. The summed E-state index contributed by atoms with van der Waals surface area (Å²) in [7, 11) is 0. The SMILES string of the molecule is CC(C)C1NC(=O)CN(CC2CSCCS2)C1=O. The maximum Gasteiger partial charge on any atom is 0.245 e. The molecule has 0 bridgehead atoms. The lowest BCUT2D eigenvalue weighted by Crippen LogP contribution is -2.60. The highest BCUT2D eigenvalue weighted by atomic mass is 32.2. The van der Waals surface area contributed by atoms with Crippen molar-refractivity contribution in [2.24, 2.45) is 5.92 Å². The molecular weight excluding hydrogens is 268 g/mol. The monoisotopic (exact) mass is 288 g/mol. The lowest BCUT2D eigenvalue weighted by Gasteiger charge is -2.36. The summed E-state index contributed by atoms with van der Waals surface area (Å²) in [5, 5.41) is 3.27. The van der Waals surface area contributed by atoms with E-state index in [9.17, 15) is 9.59 Å². The minimum absolute atomic E-state index is 0.0261. The number of hydrogen-bond donors (Lipinski definition) is 1. The summed E-state index contributed by atoms with van der Waals surface area (Å²) in [4.78, 5) is 25.7. The third-order valence-corrected chi connectivity index (χ3v) is 6.03. The summed E-state index contributed by atoms with van der Waals surface area (Å²) >= 11 is 3.86. The lowest BCUT2D eigenvalue weighted by molar-refractivity contribution is -0.145. The number of amides is 2. The van der Waals surface area contributed by atoms with Crippen molar-refractivity contribution in [1.29, 1.82) is 0 Å². The highest BCUT2D eigenvalue weighted by Crippen LogP contribution is 2.25. The van der Waals surface area contributed by atoms with Gasteiger partial charge in [-0.1, -0.05) is 13.8 Å². The molecule has 2 saturated heterocycles. The van der Waals surface area contributed by atoms with E-state index in [1.807, 2.05) is 37.4 Å². The first kappa shape index (κ1) is 14.1. The van der Waals surface area contributed by atoms with Crippen LogP contribution in [0.15, 0.2) is 0 Å². The van der Waals surface area contributed by atoms with Crippen LogP contribution in [0.4, 0.5) is 0 Å². The first-order valence-corrected chi connectivity index (χ1v) is 8.55. The van der Waals surface area contributed by atoms with Crippen LogP contribution in [0.2, 0.25) is 0 Å². The van der Waals surface area contributed by atoms with Gasteiger partial charge in [0.05, 0.1) is 6.54 Å². The van der Waals surface area contributed by atoms with E-state index in [-0.39, 0.29) is 30.3 Å². The number of hydrogen-bond acceptors (Lipinski definition) is 4. The van der Waals surface area contributed by atoms with Gasteiger partial charge in [0.25, 0.3) is 0 Å². The van der Waals surface area contributed by atoms with Gasteiger partial charge in [-0.05, 0) is 5.92 Å². The Morgan fingerprint density at radius 2 is 2.17 bits per heavy atom. The maximum absolute atomic E-state index is 12.3. The van der Waals surface area contributed by atoms with E-state index in [2.05, 4.69) is 5.32 Å². The number of nitrogens with zero attached hydrogens (tertiary/aromatic N) is 1. The molecule has 2 unspecified atom stereocenters. The molecule has 6 heteroatoms. The summed E-state index contributed by atoms with van der Waals surface area (Å²) in [6, 6.07) is -0.340. The number of piperazine rings is 1. The van der Waals surface area contributed by atoms with Crippen molar-refractivity contribution in [2.75, 3.05) is 30.3 Å². The van der Waals surface area contributed by atoms with Crippen molar-refractivity contribution in [1.82, 2.24) is 10.2 Å². The molecule has 2 atom stereocenters. The van der Waals surface area contributed by atoms with E-state index in [0.717, 1.165) is 11.5 Å². The molecule has 4 nitrogen and oxygen atoms in total. The van der Waals surface area contributed by atoms with E-state index in [1.165, 1.54) is 5.75 Å². The fourth-order valence-corrected chi connectivity index (χ4v) is 4.91. The number of nitrogens with one attached hydrogen (secondary N) is 1. The summed E-state index contributed by atoms with van der Waals surface area (Å²) < 4.78 is 0. The van der Waals surface area contributed by atoms with Crippen LogP contribution in [-0.4, -0.2) is 58.4 Å². The van der Waals surface area contributed by atoms with Crippen molar-refractivity contribution >= 4 is 35.3 Å². The predicted molar refractivity (Wildman–Crippen MR) is 76.9 cm³/mol. The van der Waals surface area contributed by atoms with E-state index in [0.29, 0.717) is 11.8 Å². The molecule has 2 amide bonds. The fraction of sp³-hybridized carbons (Fsp3) is 0.833. The highest BCUT2D eigenvalue weighted by Gasteiger charge is 2.35. The minimum Gasteiger partial charge on any atom is -0.343 e. The molecule has 2 aliphatic heterocycles. The van der Waals surface area contributed by atoms with Crippen LogP contribution < -0.4 is 5.32 Å². The molecule has 0 spiro atoms. The van der Waals surface area contributed by atoms with E-state index < -0.39 is 0 Å². The van der Waals surface area contributed by atoms with Crippen molar-refractivity contribution in [3.05, 3.63) is 0 Å². The Kier molecular flexibility index (Phi) is 4.84. The second kappa shape index (κ2) is 6.19. The number of carbonyl (C=O) groups excluding carboxylic acids is 2. The van der Waals surface area contributed by atoms with Gasteiger partial charge in [0.1, 0.15) is 6.04 Å². The normalized spacial score (nSPS) is 29.6. The molecule has 0 aromatic rings. The summed E-state index contributed by atoms with van der Waals surface area (Å²) in [5.41, 5.74) is 0. The predicted octanol–water partition coefficient (Wildman–Crippen LogP) is 0.818. The van der Waals surface area contributed by atoms with Gasteiger partial charge >= 0.3 is 0 Å². The van der Waals surface area contributed by atoms with Crippen molar-refractivity contribution in [2.45, 2.75) is 25.1 Å². The number of rotatable bonds is 3. The first-order valence-electron chi connectivity index (χ1n) is 6.35. The van der Waals surface area contributed by atoms with Crippen molar-refractivity contribution < 1.29 is 9.59 Å². The summed E-state index contributed by atoms with van der Waals surface area (Å²) in [6.45, 7) is 4.88. The summed E-state index contributed by atoms with van der Waals surface area (Å²) in [5.74, 6) is 3.64. The second-order valence-corrected chi connectivity index (χ2v) is 7.63. The summed E-state index contributed by atoms with van der Waals surface area (Å²) in [6.07, 6.45) is 0. The molecule has 2 aliphatic rings. The van der Waals surface area contributed by atoms with E-state index in [1.54, 1.807) is 4.90 Å². The van der Waals surface area contributed by atoms with Gasteiger partial charge in [-0.3, -0.25) is 9.59 Å². The third kappa shape index (κ3) is 3.35. The van der Waals surface area contributed by atoms with Gasteiger partial charge < -0.3 is 10.2 Å². The molecule has 18 heavy (non-hydrogen) atoms. The molecule has 0 radical (unpaired) electrons. The lowest BCUT2D eigenvalue weighted by atomic mass is 10.0. The van der Waals surface area contributed by atoms with Crippen LogP contribution in [0.5, 0.6) is 0 Å². The Morgan fingerprint density at radius 3 is 2.78 bits per heavy atom. The van der Waals surface area contributed by atoms with Crippen LogP contribution in [0.1, 0.15) is 13.8 Å². The Bertz CT molecular complexity index is 330. The molecule has 0 aromatic carbocycles. The van der Waals surface area contributed by atoms with Gasteiger partial charge in [0.2, 0.25) is 11.8 Å². The average molecular weight is 288 g/mol. The Labute approximate surface area is 117 Å². The van der Waals surface area contributed by atoms with E-state index in [4.69, 9.17) is 0 Å². The van der Waals surface area contributed by atoms with Gasteiger partial charge in [-0.2, -0.15) is 23.5 Å². The van der Waals surface area contributed by atoms with Gasteiger partial charge in [0, 0.05) is 29.1 Å². The zero-order valence-corrected chi connectivity index (χ0v) is 12.5. The largest absolute Gasteiger partial charge is 0.343 e. The Balaban J connectivity index is 1.97. The first-order chi connectivity index (χ1) is 8.58.